The summed E-state index contributed by atoms with van der Waals surface area (Å²) >= 11 is 3.51. The Labute approximate surface area is 98.6 Å². The Morgan fingerprint density at radius 3 is 2.73 bits per heavy atom. The molecule has 3 rings (SSSR count). The highest BCUT2D eigenvalue weighted by Crippen LogP contribution is 2.47. The van der Waals surface area contributed by atoms with Crippen LogP contribution in [-0.2, 0) is 5.33 Å². The van der Waals surface area contributed by atoms with Gasteiger partial charge < -0.3 is 0 Å². The number of hydrogen-bond acceptors (Lipinski definition) is 2. The van der Waals surface area contributed by atoms with Crippen LogP contribution in [0.5, 0.6) is 0 Å². The maximum absolute atomic E-state index is 4.78. The summed E-state index contributed by atoms with van der Waals surface area (Å²) in [5.41, 5.74) is 2.60. The van der Waals surface area contributed by atoms with Gasteiger partial charge in [0.05, 0.1) is 5.69 Å². The van der Waals surface area contributed by atoms with Crippen molar-refractivity contribution in [1.29, 1.82) is 0 Å². The average molecular weight is 267 g/mol. The number of alkyl halides is 1. The fraction of sp³-hybridized carbons (Fsp3) is 0.667. The van der Waals surface area contributed by atoms with Gasteiger partial charge in [-0.15, -0.1) is 0 Å². The predicted molar refractivity (Wildman–Crippen MR) is 63.2 cm³/mol. The standard InChI is InChI=1S/C12H15BrN2/c1-7-4-10(7)12-14-6-9(5-13)11(15-12)8-2-3-8/h6-8,10H,2-5H2,1H3. The lowest BCUT2D eigenvalue weighted by atomic mass is 10.1. The zero-order chi connectivity index (χ0) is 10.4. The van der Waals surface area contributed by atoms with Crippen LogP contribution in [0.4, 0.5) is 0 Å². The van der Waals surface area contributed by atoms with Gasteiger partial charge in [0.2, 0.25) is 0 Å². The zero-order valence-electron chi connectivity index (χ0n) is 8.91. The average Bonchev–Trinajstić information content (AvgIpc) is 3.11. The van der Waals surface area contributed by atoms with Gasteiger partial charge in [0.1, 0.15) is 5.82 Å². The van der Waals surface area contributed by atoms with Gasteiger partial charge in [-0.3, -0.25) is 0 Å². The molecule has 2 atom stereocenters. The highest BCUT2D eigenvalue weighted by atomic mass is 79.9. The molecule has 0 bridgehead atoms. The van der Waals surface area contributed by atoms with Crippen LogP contribution in [0.2, 0.25) is 0 Å². The van der Waals surface area contributed by atoms with E-state index in [9.17, 15) is 0 Å². The summed E-state index contributed by atoms with van der Waals surface area (Å²) in [5, 5.41) is 0.888. The topological polar surface area (TPSA) is 25.8 Å². The van der Waals surface area contributed by atoms with Gasteiger partial charge in [0.25, 0.3) is 0 Å². The van der Waals surface area contributed by atoms with Gasteiger partial charge in [-0.2, -0.15) is 0 Å². The molecule has 15 heavy (non-hydrogen) atoms. The van der Waals surface area contributed by atoms with Crippen LogP contribution in [0.15, 0.2) is 6.20 Å². The van der Waals surface area contributed by atoms with Crippen molar-refractivity contribution in [1.82, 2.24) is 9.97 Å². The molecule has 0 N–H and O–H groups in total. The minimum Gasteiger partial charge on any atom is -0.241 e. The number of aromatic nitrogens is 2. The first-order valence-electron chi connectivity index (χ1n) is 5.71. The second-order valence-corrected chi connectivity index (χ2v) is 5.43. The van der Waals surface area contributed by atoms with E-state index in [1.54, 1.807) is 0 Å². The van der Waals surface area contributed by atoms with E-state index < -0.39 is 0 Å². The van der Waals surface area contributed by atoms with Gasteiger partial charge in [0.15, 0.2) is 0 Å². The van der Waals surface area contributed by atoms with Crippen LogP contribution in [0.1, 0.15) is 55.1 Å². The van der Waals surface area contributed by atoms with Crippen LogP contribution in [0, 0.1) is 5.92 Å². The third-order valence-electron chi connectivity index (χ3n) is 3.47. The first-order chi connectivity index (χ1) is 7.29. The zero-order valence-corrected chi connectivity index (χ0v) is 10.5. The molecule has 0 aliphatic heterocycles. The molecule has 1 aromatic rings. The third kappa shape index (κ3) is 1.82. The smallest absolute Gasteiger partial charge is 0.131 e. The lowest BCUT2D eigenvalue weighted by molar-refractivity contribution is 0.810. The van der Waals surface area contributed by atoms with E-state index in [1.165, 1.54) is 30.5 Å². The fourth-order valence-electron chi connectivity index (χ4n) is 2.11. The first kappa shape index (κ1) is 9.76. The summed E-state index contributed by atoms with van der Waals surface area (Å²) in [6.45, 7) is 2.28. The molecule has 3 heteroatoms. The second kappa shape index (κ2) is 3.55. The molecule has 1 heterocycles. The monoisotopic (exact) mass is 266 g/mol. The van der Waals surface area contributed by atoms with E-state index >= 15 is 0 Å². The van der Waals surface area contributed by atoms with E-state index in [0.717, 1.165) is 23.0 Å². The number of rotatable bonds is 3. The molecule has 80 valence electrons. The molecule has 2 saturated carbocycles. The fourth-order valence-corrected chi connectivity index (χ4v) is 2.54. The van der Waals surface area contributed by atoms with Gasteiger partial charge in [-0.05, 0) is 25.2 Å². The van der Waals surface area contributed by atoms with Crippen molar-refractivity contribution in [3.63, 3.8) is 0 Å². The summed E-state index contributed by atoms with van der Waals surface area (Å²) in [6, 6.07) is 0. The lowest BCUT2D eigenvalue weighted by Gasteiger charge is -2.06. The maximum Gasteiger partial charge on any atom is 0.131 e. The minimum absolute atomic E-state index is 0.645. The predicted octanol–water partition coefficient (Wildman–Crippen LogP) is 3.37. The third-order valence-corrected chi connectivity index (χ3v) is 4.07. The minimum atomic E-state index is 0.645. The molecule has 2 nitrogen and oxygen atoms in total. The van der Waals surface area contributed by atoms with E-state index in [0.29, 0.717) is 5.92 Å². The second-order valence-electron chi connectivity index (χ2n) is 4.87. The van der Waals surface area contributed by atoms with E-state index in [4.69, 9.17) is 4.98 Å². The molecular weight excluding hydrogens is 252 g/mol. The Balaban J connectivity index is 1.94. The van der Waals surface area contributed by atoms with Gasteiger partial charge in [-0.25, -0.2) is 9.97 Å². The SMILES string of the molecule is CC1CC1c1ncc(CBr)c(C2CC2)n1. The van der Waals surface area contributed by atoms with Crippen LogP contribution in [0.3, 0.4) is 0 Å². The lowest BCUT2D eigenvalue weighted by Crippen LogP contribution is -2.01. The summed E-state index contributed by atoms with van der Waals surface area (Å²) in [4.78, 5) is 9.27. The normalized spacial score (nSPS) is 29.2. The molecule has 2 aliphatic carbocycles. The van der Waals surface area contributed by atoms with E-state index in [-0.39, 0.29) is 0 Å². The van der Waals surface area contributed by atoms with Crippen LogP contribution >= 0.6 is 15.9 Å². The quantitative estimate of drug-likeness (QED) is 0.785. The van der Waals surface area contributed by atoms with Crippen molar-refractivity contribution in [2.75, 3.05) is 0 Å². The Morgan fingerprint density at radius 1 is 1.47 bits per heavy atom. The number of nitrogens with zero attached hydrogens (tertiary/aromatic N) is 2. The van der Waals surface area contributed by atoms with Crippen molar-refractivity contribution in [3.8, 4) is 0 Å². The summed E-state index contributed by atoms with van der Waals surface area (Å²) in [6.07, 6.45) is 5.93. The van der Waals surface area contributed by atoms with Crippen LogP contribution in [-0.4, -0.2) is 9.97 Å². The molecule has 0 aromatic carbocycles. The molecular formula is C12H15BrN2. The largest absolute Gasteiger partial charge is 0.241 e. The first-order valence-corrected chi connectivity index (χ1v) is 6.83. The molecule has 2 fully saturated rings. The Hall–Kier alpha value is -0.440. The Bertz CT molecular complexity index is 387. The van der Waals surface area contributed by atoms with Gasteiger partial charge >= 0.3 is 0 Å². The molecule has 0 saturated heterocycles. The van der Waals surface area contributed by atoms with Crippen molar-refractivity contribution in [2.24, 2.45) is 5.92 Å². The van der Waals surface area contributed by atoms with Crippen LogP contribution in [0.25, 0.3) is 0 Å². The number of halogens is 1. The Morgan fingerprint density at radius 2 is 2.20 bits per heavy atom. The highest BCUT2D eigenvalue weighted by Gasteiger charge is 2.37. The molecule has 1 aromatic heterocycles. The summed E-state index contributed by atoms with van der Waals surface area (Å²) in [5.74, 6) is 3.27. The van der Waals surface area contributed by atoms with Crippen molar-refractivity contribution < 1.29 is 0 Å². The van der Waals surface area contributed by atoms with Crippen molar-refractivity contribution in [3.05, 3.63) is 23.3 Å². The van der Waals surface area contributed by atoms with E-state index in [2.05, 4.69) is 27.8 Å². The van der Waals surface area contributed by atoms with Gasteiger partial charge in [0, 0.05) is 28.9 Å². The molecule has 0 spiro atoms. The molecule has 0 radical (unpaired) electrons. The Kier molecular flexibility index (Phi) is 2.31. The summed E-state index contributed by atoms with van der Waals surface area (Å²) < 4.78 is 0. The van der Waals surface area contributed by atoms with Gasteiger partial charge in [-0.1, -0.05) is 22.9 Å². The van der Waals surface area contributed by atoms with E-state index in [1.807, 2.05) is 6.20 Å². The summed E-state index contributed by atoms with van der Waals surface area (Å²) in [7, 11) is 0. The molecule has 0 amide bonds. The van der Waals surface area contributed by atoms with Crippen molar-refractivity contribution >= 4 is 15.9 Å². The molecule has 2 aliphatic rings. The van der Waals surface area contributed by atoms with Crippen molar-refractivity contribution in [2.45, 2.75) is 43.4 Å². The maximum atomic E-state index is 4.78. The highest BCUT2D eigenvalue weighted by molar-refractivity contribution is 9.08. The molecule has 2 unspecified atom stereocenters. The number of hydrogen-bond donors (Lipinski definition) is 0. The van der Waals surface area contributed by atoms with Crippen LogP contribution < -0.4 is 0 Å².